The molecule has 0 saturated carbocycles. The number of thiophene rings is 1. The molecule has 2 aromatic rings. The van der Waals surface area contributed by atoms with Crippen molar-refractivity contribution < 1.29 is 22.7 Å². The molecule has 2 rings (SSSR count). The van der Waals surface area contributed by atoms with Gasteiger partial charge in [-0.25, -0.2) is 17.9 Å². The van der Waals surface area contributed by atoms with Gasteiger partial charge < -0.3 is 9.52 Å². The number of aryl methyl sites for hydroxylation is 2. The van der Waals surface area contributed by atoms with Crippen molar-refractivity contribution >= 4 is 27.3 Å². The quantitative estimate of drug-likeness (QED) is 0.881. The molecule has 0 amide bonds. The number of carboxylic acid groups (broad SMARTS) is 1. The fourth-order valence-corrected chi connectivity index (χ4v) is 4.03. The molecule has 0 atom stereocenters. The molecule has 0 bridgehead atoms. The lowest BCUT2D eigenvalue weighted by atomic mass is 10.3. The van der Waals surface area contributed by atoms with E-state index in [1.165, 1.54) is 6.07 Å². The van der Waals surface area contributed by atoms with Gasteiger partial charge in [0.25, 0.3) is 0 Å². The molecule has 6 nitrogen and oxygen atoms in total. The van der Waals surface area contributed by atoms with Crippen molar-refractivity contribution in [2.75, 3.05) is 0 Å². The highest BCUT2D eigenvalue weighted by molar-refractivity contribution is 7.91. The van der Waals surface area contributed by atoms with Crippen LogP contribution in [0.2, 0.25) is 0 Å². The van der Waals surface area contributed by atoms with Crippen LogP contribution >= 0.6 is 11.3 Å². The molecule has 0 spiro atoms. The van der Waals surface area contributed by atoms with Crippen molar-refractivity contribution in [3.05, 3.63) is 40.2 Å². The van der Waals surface area contributed by atoms with E-state index in [0.717, 1.165) is 11.3 Å². The SMILES string of the molecule is Cc1ccc(CNS(=O)(=O)c2cc(C)c(C(=O)O)s2)o1. The third kappa shape index (κ3) is 3.09. The lowest BCUT2D eigenvalue weighted by Gasteiger charge is -2.02. The standard InChI is InChI=1S/C12H13NO5S2/c1-7-5-10(19-11(7)12(14)15)20(16,17)13-6-9-4-3-8(2)18-9/h3-5,13H,6H2,1-2H3,(H,14,15). The van der Waals surface area contributed by atoms with E-state index < -0.39 is 16.0 Å². The number of nitrogens with one attached hydrogen (secondary N) is 1. The molecule has 0 unspecified atom stereocenters. The largest absolute Gasteiger partial charge is 0.477 e. The summed E-state index contributed by atoms with van der Waals surface area (Å²) in [6, 6.07) is 4.77. The van der Waals surface area contributed by atoms with Gasteiger partial charge in [0.1, 0.15) is 20.6 Å². The second-order valence-corrected chi connectivity index (χ2v) is 7.27. The van der Waals surface area contributed by atoms with Crippen LogP contribution < -0.4 is 4.72 Å². The van der Waals surface area contributed by atoms with Crippen molar-refractivity contribution in [1.29, 1.82) is 0 Å². The van der Waals surface area contributed by atoms with E-state index in [0.29, 0.717) is 17.1 Å². The Morgan fingerprint density at radius 3 is 2.60 bits per heavy atom. The Kier molecular flexibility index (Phi) is 3.98. The molecular formula is C12H13NO5S2. The van der Waals surface area contributed by atoms with Crippen molar-refractivity contribution in [2.45, 2.75) is 24.6 Å². The summed E-state index contributed by atoms with van der Waals surface area (Å²) in [5, 5.41) is 8.94. The maximum Gasteiger partial charge on any atom is 0.346 e. The van der Waals surface area contributed by atoms with Gasteiger partial charge in [0.2, 0.25) is 10.0 Å². The maximum atomic E-state index is 12.1. The molecule has 0 radical (unpaired) electrons. The highest BCUT2D eigenvalue weighted by Crippen LogP contribution is 2.26. The molecule has 0 fully saturated rings. The minimum Gasteiger partial charge on any atom is -0.477 e. The summed E-state index contributed by atoms with van der Waals surface area (Å²) in [5.41, 5.74) is 0.428. The molecule has 0 aliphatic carbocycles. The van der Waals surface area contributed by atoms with Crippen LogP contribution in [0.5, 0.6) is 0 Å². The van der Waals surface area contributed by atoms with E-state index in [2.05, 4.69) is 4.72 Å². The Morgan fingerprint density at radius 2 is 2.10 bits per heavy atom. The zero-order valence-electron chi connectivity index (χ0n) is 10.8. The molecule has 2 N–H and O–H groups in total. The predicted octanol–water partition coefficient (Wildman–Crippen LogP) is 2.13. The zero-order valence-corrected chi connectivity index (χ0v) is 12.5. The number of carboxylic acids is 1. The summed E-state index contributed by atoms with van der Waals surface area (Å²) in [6.45, 7) is 3.35. The molecule has 0 aromatic carbocycles. The third-order valence-electron chi connectivity index (χ3n) is 2.59. The van der Waals surface area contributed by atoms with Crippen LogP contribution in [0.1, 0.15) is 26.8 Å². The van der Waals surface area contributed by atoms with Crippen molar-refractivity contribution in [3.8, 4) is 0 Å². The molecule has 0 aliphatic heterocycles. The Morgan fingerprint density at radius 1 is 1.40 bits per heavy atom. The highest BCUT2D eigenvalue weighted by Gasteiger charge is 2.21. The summed E-state index contributed by atoms with van der Waals surface area (Å²) in [7, 11) is -3.74. The lowest BCUT2D eigenvalue weighted by Crippen LogP contribution is -2.22. The van der Waals surface area contributed by atoms with Gasteiger partial charge in [-0.05, 0) is 37.6 Å². The van der Waals surface area contributed by atoms with Crippen molar-refractivity contribution in [1.82, 2.24) is 4.72 Å². The number of hydrogen-bond acceptors (Lipinski definition) is 5. The van der Waals surface area contributed by atoms with Gasteiger partial charge in [-0.15, -0.1) is 11.3 Å². The smallest absolute Gasteiger partial charge is 0.346 e. The minimum absolute atomic E-state index is 0.0179. The first-order valence-corrected chi connectivity index (χ1v) is 7.98. The van der Waals surface area contributed by atoms with Gasteiger partial charge >= 0.3 is 5.97 Å². The molecule has 2 heterocycles. The van der Waals surface area contributed by atoms with E-state index in [9.17, 15) is 13.2 Å². The number of sulfonamides is 1. The topological polar surface area (TPSA) is 96.6 Å². The monoisotopic (exact) mass is 315 g/mol. The fourth-order valence-electron chi connectivity index (χ4n) is 1.62. The van der Waals surface area contributed by atoms with Gasteiger partial charge in [-0.3, -0.25) is 0 Å². The Labute approximate surface area is 120 Å². The summed E-state index contributed by atoms with van der Waals surface area (Å²) in [4.78, 5) is 11.0. The van der Waals surface area contributed by atoms with Crippen LogP contribution in [0.25, 0.3) is 0 Å². The number of hydrogen-bond donors (Lipinski definition) is 2. The van der Waals surface area contributed by atoms with Gasteiger partial charge in [0, 0.05) is 0 Å². The fraction of sp³-hybridized carbons (Fsp3) is 0.250. The summed E-state index contributed by atoms with van der Waals surface area (Å²) in [6.07, 6.45) is 0. The Bertz CT molecular complexity index is 742. The summed E-state index contributed by atoms with van der Waals surface area (Å²) >= 11 is 0.734. The first-order chi connectivity index (χ1) is 9.29. The zero-order chi connectivity index (χ0) is 14.9. The first-order valence-electron chi connectivity index (χ1n) is 5.68. The van der Waals surface area contributed by atoms with Crippen molar-refractivity contribution in [3.63, 3.8) is 0 Å². The Hall–Kier alpha value is -1.64. The van der Waals surface area contributed by atoms with E-state index in [-0.39, 0.29) is 15.6 Å². The maximum absolute atomic E-state index is 12.1. The average Bonchev–Trinajstić information content (AvgIpc) is 2.93. The number of furan rings is 1. The second kappa shape index (κ2) is 5.39. The third-order valence-corrected chi connectivity index (χ3v) is 5.69. The highest BCUT2D eigenvalue weighted by atomic mass is 32.2. The number of rotatable bonds is 5. The molecule has 0 saturated heterocycles. The van der Waals surface area contributed by atoms with E-state index in [1.54, 1.807) is 26.0 Å². The van der Waals surface area contributed by atoms with Gasteiger partial charge in [-0.1, -0.05) is 0 Å². The lowest BCUT2D eigenvalue weighted by molar-refractivity contribution is 0.0701. The molecule has 0 aliphatic rings. The molecular weight excluding hydrogens is 302 g/mol. The van der Waals surface area contributed by atoms with Crippen molar-refractivity contribution in [2.24, 2.45) is 0 Å². The van der Waals surface area contributed by atoms with Crippen LogP contribution in [0.4, 0.5) is 0 Å². The van der Waals surface area contributed by atoms with Crippen LogP contribution in [-0.4, -0.2) is 19.5 Å². The van der Waals surface area contributed by atoms with Crippen LogP contribution in [0.15, 0.2) is 26.8 Å². The average molecular weight is 315 g/mol. The molecule has 8 heteroatoms. The Balaban J connectivity index is 2.18. The molecule has 108 valence electrons. The van der Waals surface area contributed by atoms with E-state index in [4.69, 9.17) is 9.52 Å². The predicted molar refractivity (Wildman–Crippen MR) is 73.5 cm³/mol. The molecule has 20 heavy (non-hydrogen) atoms. The first kappa shape index (κ1) is 14.8. The van der Waals surface area contributed by atoms with Gasteiger partial charge in [0.15, 0.2) is 0 Å². The number of aromatic carboxylic acids is 1. The normalized spacial score (nSPS) is 11.7. The second-order valence-electron chi connectivity index (χ2n) is 4.22. The summed E-state index contributed by atoms with van der Waals surface area (Å²) < 4.78 is 31.8. The minimum atomic E-state index is -3.74. The number of carbonyl (C=O) groups is 1. The van der Waals surface area contributed by atoms with Crippen LogP contribution in [0.3, 0.4) is 0 Å². The van der Waals surface area contributed by atoms with Crippen LogP contribution in [-0.2, 0) is 16.6 Å². The van der Waals surface area contributed by atoms with Gasteiger partial charge in [0.05, 0.1) is 6.54 Å². The summed E-state index contributed by atoms with van der Waals surface area (Å²) in [5.74, 6) is 0.0627. The van der Waals surface area contributed by atoms with E-state index >= 15 is 0 Å². The van der Waals surface area contributed by atoms with E-state index in [1.807, 2.05) is 0 Å². The van der Waals surface area contributed by atoms with Crippen LogP contribution in [0, 0.1) is 13.8 Å². The van der Waals surface area contributed by atoms with Gasteiger partial charge in [-0.2, -0.15) is 0 Å². The molecule has 2 aromatic heterocycles.